The summed E-state index contributed by atoms with van der Waals surface area (Å²) in [6.07, 6.45) is 5.45. The Balaban J connectivity index is 1.07. The smallest absolute Gasteiger partial charge is 0.224 e. The average Bonchev–Trinajstić information content (AvgIpc) is 3.31. The van der Waals surface area contributed by atoms with Gasteiger partial charge in [0.25, 0.3) is 0 Å². The molecule has 9 heteroatoms. The minimum Gasteiger partial charge on any atom is -0.397 e. The van der Waals surface area contributed by atoms with E-state index in [4.69, 9.17) is 15.2 Å². The maximum absolute atomic E-state index is 12.9. The fourth-order valence-corrected chi connectivity index (χ4v) is 8.47. The third kappa shape index (κ3) is 9.08. The van der Waals surface area contributed by atoms with Gasteiger partial charge in [0.1, 0.15) is 0 Å². The Labute approximate surface area is 290 Å². The van der Waals surface area contributed by atoms with Crippen molar-refractivity contribution in [1.82, 2.24) is 4.90 Å². The SMILES string of the molecule is CC1(C)CC2CC(C)(CN2C[C@H]2C[C@@H](c3ccc(CO)cc3)O[C@@H](c3cccc(NC(=O)CCCCC(=O)Nc4ccccc4N)c3)O2)C1. The highest BCUT2D eigenvalue weighted by atomic mass is 16.7. The highest BCUT2D eigenvalue weighted by molar-refractivity contribution is 5.94. The van der Waals surface area contributed by atoms with Crippen LogP contribution in [0.15, 0.2) is 72.8 Å². The third-order valence-electron chi connectivity index (χ3n) is 10.3. The Hall–Kier alpha value is -3.76. The molecule has 2 unspecified atom stereocenters. The fraction of sp³-hybridized carbons (Fsp3) is 0.500. The van der Waals surface area contributed by atoms with Gasteiger partial charge in [0.05, 0.1) is 30.2 Å². The summed E-state index contributed by atoms with van der Waals surface area (Å²) in [7, 11) is 0. The maximum Gasteiger partial charge on any atom is 0.224 e. The number of carbonyl (C=O) groups is 2. The van der Waals surface area contributed by atoms with Gasteiger partial charge in [0.15, 0.2) is 6.29 Å². The first-order valence-electron chi connectivity index (χ1n) is 17.8. The molecule has 9 nitrogen and oxygen atoms in total. The number of fused-ring (bicyclic) bond motifs is 2. The van der Waals surface area contributed by atoms with E-state index in [0.29, 0.717) is 59.6 Å². The standard InChI is InChI=1S/C40H52N4O5/c1-39(2)21-31-22-40(3,25-39)26-44(31)23-32-20-35(28-17-15-27(24-45)16-18-28)49-38(48-32)29-9-8-10-30(19-29)42-36(46)13-6-7-14-37(47)43-34-12-5-4-11-33(34)41/h4-5,8-12,15-19,31-32,35,38,45H,6-7,13-14,20-26,41H2,1-3H3,(H,42,46)(H,43,47)/t31?,32-,35+,38+,40?/m1/s1. The van der Waals surface area contributed by atoms with Crippen LogP contribution in [-0.4, -0.2) is 47.1 Å². The number of carbonyl (C=O) groups excluding carboxylic acids is 2. The summed E-state index contributed by atoms with van der Waals surface area (Å²) in [6, 6.07) is 23.4. The number of anilines is 3. The normalized spacial score (nSPS) is 26.3. The minimum atomic E-state index is -0.593. The Bertz CT molecular complexity index is 1610. The number of nitrogens with zero attached hydrogens (tertiary/aromatic N) is 1. The van der Waals surface area contributed by atoms with E-state index in [-0.39, 0.29) is 30.6 Å². The zero-order chi connectivity index (χ0) is 34.6. The number of likely N-dealkylation sites (tertiary alicyclic amines) is 1. The van der Waals surface area contributed by atoms with Gasteiger partial charge in [-0.15, -0.1) is 0 Å². The number of aliphatic hydroxyl groups is 1. The molecule has 3 aromatic rings. The molecule has 0 spiro atoms. The van der Waals surface area contributed by atoms with E-state index in [1.807, 2.05) is 60.7 Å². The third-order valence-corrected chi connectivity index (χ3v) is 10.3. The van der Waals surface area contributed by atoms with Crippen LogP contribution in [0.25, 0.3) is 0 Å². The maximum atomic E-state index is 12.9. The van der Waals surface area contributed by atoms with E-state index in [9.17, 15) is 14.7 Å². The molecular weight excluding hydrogens is 616 g/mol. The minimum absolute atomic E-state index is 0.00326. The van der Waals surface area contributed by atoms with Crippen LogP contribution in [0.1, 0.15) is 101 Å². The summed E-state index contributed by atoms with van der Waals surface area (Å²) in [5.74, 6) is -0.225. The Morgan fingerprint density at radius 1 is 0.898 bits per heavy atom. The molecule has 3 aromatic carbocycles. The summed E-state index contributed by atoms with van der Waals surface area (Å²) in [5.41, 5.74) is 11.2. The molecule has 0 aromatic heterocycles. The van der Waals surface area contributed by atoms with Crippen molar-refractivity contribution in [2.45, 2.75) is 103 Å². The number of rotatable bonds is 12. The van der Waals surface area contributed by atoms with Crippen molar-refractivity contribution < 1.29 is 24.2 Å². The number of para-hydroxylation sites is 2. The molecular formula is C40H52N4O5. The van der Waals surface area contributed by atoms with Crippen LogP contribution in [0.2, 0.25) is 0 Å². The van der Waals surface area contributed by atoms with Crippen LogP contribution in [-0.2, 0) is 25.7 Å². The lowest BCUT2D eigenvalue weighted by atomic mass is 9.65. The lowest BCUT2D eigenvalue weighted by Crippen LogP contribution is -2.42. The van der Waals surface area contributed by atoms with Gasteiger partial charge >= 0.3 is 0 Å². The van der Waals surface area contributed by atoms with Gasteiger partial charge in [-0.2, -0.15) is 0 Å². The lowest BCUT2D eigenvalue weighted by molar-refractivity contribution is -0.253. The number of ether oxygens (including phenoxy) is 2. The monoisotopic (exact) mass is 668 g/mol. The summed E-state index contributed by atoms with van der Waals surface area (Å²) in [6.45, 7) is 9.21. The summed E-state index contributed by atoms with van der Waals surface area (Å²) in [5, 5.41) is 15.4. The van der Waals surface area contributed by atoms with Crippen LogP contribution < -0.4 is 16.4 Å². The van der Waals surface area contributed by atoms with Gasteiger partial charge in [-0.05, 0) is 78.3 Å². The molecule has 3 fully saturated rings. The highest BCUT2D eigenvalue weighted by Crippen LogP contribution is 2.53. The number of unbranched alkanes of at least 4 members (excludes halogenated alkanes) is 1. The van der Waals surface area contributed by atoms with Gasteiger partial charge in [-0.1, -0.05) is 69.3 Å². The Morgan fingerprint density at radius 3 is 2.37 bits per heavy atom. The van der Waals surface area contributed by atoms with E-state index in [0.717, 1.165) is 36.2 Å². The van der Waals surface area contributed by atoms with E-state index >= 15 is 0 Å². The van der Waals surface area contributed by atoms with Gasteiger partial charge in [0, 0.05) is 49.6 Å². The van der Waals surface area contributed by atoms with E-state index in [1.54, 1.807) is 12.1 Å². The quantitative estimate of drug-likeness (QED) is 0.118. The molecule has 2 amide bonds. The molecule has 2 aliphatic heterocycles. The van der Waals surface area contributed by atoms with Crippen molar-refractivity contribution in [1.29, 1.82) is 0 Å². The number of amides is 2. The number of hydrogen-bond acceptors (Lipinski definition) is 7. The molecule has 2 saturated heterocycles. The second-order valence-corrected chi connectivity index (χ2v) is 15.5. The van der Waals surface area contributed by atoms with Gasteiger partial charge < -0.3 is 30.9 Å². The van der Waals surface area contributed by atoms with Crippen molar-refractivity contribution in [2.75, 3.05) is 29.5 Å². The van der Waals surface area contributed by atoms with E-state index < -0.39 is 6.29 Å². The lowest BCUT2D eigenvalue weighted by Gasteiger charge is -2.41. The number of nitrogens with two attached hydrogens (primary N) is 1. The molecule has 5 atom stereocenters. The zero-order valence-electron chi connectivity index (χ0n) is 29.1. The highest BCUT2D eigenvalue weighted by Gasteiger charge is 2.50. The molecule has 0 radical (unpaired) electrons. The van der Waals surface area contributed by atoms with Crippen molar-refractivity contribution in [3.63, 3.8) is 0 Å². The molecule has 49 heavy (non-hydrogen) atoms. The molecule has 2 heterocycles. The van der Waals surface area contributed by atoms with Crippen LogP contribution in [0.5, 0.6) is 0 Å². The van der Waals surface area contributed by atoms with Crippen molar-refractivity contribution in [3.05, 3.63) is 89.5 Å². The summed E-state index contributed by atoms with van der Waals surface area (Å²) < 4.78 is 13.3. The molecule has 3 aliphatic rings. The summed E-state index contributed by atoms with van der Waals surface area (Å²) >= 11 is 0. The molecule has 5 N–H and O–H groups in total. The predicted octanol–water partition coefficient (Wildman–Crippen LogP) is 7.34. The first-order chi connectivity index (χ1) is 23.5. The van der Waals surface area contributed by atoms with Crippen molar-refractivity contribution in [3.8, 4) is 0 Å². The number of nitrogens with one attached hydrogen (secondary N) is 2. The van der Waals surface area contributed by atoms with Gasteiger partial charge in [-0.25, -0.2) is 0 Å². The molecule has 1 saturated carbocycles. The molecule has 1 aliphatic carbocycles. The van der Waals surface area contributed by atoms with E-state index in [1.165, 1.54) is 19.3 Å². The average molecular weight is 669 g/mol. The first kappa shape index (κ1) is 35.1. The predicted molar refractivity (Wildman–Crippen MR) is 193 cm³/mol. The van der Waals surface area contributed by atoms with Crippen LogP contribution in [0.4, 0.5) is 17.1 Å². The topological polar surface area (TPSA) is 126 Å². The van der Waals surface area contributed by atoms with Crippen molar-refractivity contribution in [2.24, 2.45) is 10.8 Å². The van der Waals surface area contributed by atoms with Crippen LogP contribution in [0.3, 0.4) is 0 Å². The van der Waals surface area contributed by atoms with Crippen molar-refractivity contribution >= 4 is 28.9 Å². The largest absolute Gasteiger partial charge is 0.397 e. The summed E-state index contributed by atoms with van der Waals surface area (Å²) in [4.78, 5) is 27.9. The molecule has 2 bridgehead atoms. The zero-order valence-corrected chi connectivity index (χ0v) is 29.1. The van der Waals surface area contributed by atoms with Crippen LogP contribution >= 0.6 is 0 Å². The van der Waals surface area contributed by atoms with Crippen LogP contribution in [0, 0.1) is 10.8 Å². The first-order valence-corrected chi connectivity index (χ1v) is 17.8. The van der Waals surface area contributed by atoms with Gasteiger partial charge in [0.2, 0.25) is 11.8 Å². The number of benzene rings is 3. The number of nitrogen functional groups attached to an aromatic ring is 1. The van der Waals surface area contributed by atoms with E-state index in [2.05, 4.69) is 36.3 Å². The Kier molecular flexibility index (Phi) is 10.7. The number of aliphatic hydroxyl groups excluding tert-OH is 1. The number of hydrogen-bond donors (Lipinski definition) is 4. The molecule has 6 rings (SSSR count). The van der Waals surface area contributed by atoms with Gasteiger partial charge in [-0.3, -0.25) is 14.5 Å². The Morgan fingerprint density at radius 2 is 1.63 bits per heavy atom. The second-order valence-electron chi connectivity index (χ2n) is 15.5. The fourth-order valence-electron chi connectivity index (χ4n) is 8.47. The molecule has 262 valence electrons. The second kappa shape index (κ2) is 15.0.